The third kappa shape index (κ3) is 5.02. The van der Waals surface area contributed by atoms with Crippen LogP contribution in [0.5, 0.6) is 0 Å². The van der Waals surface area contributed by atoms with Gasteiger partial charge in [-0.3, -0.25) is 0 Å². The smallest absolute Gasteiger partial charge is 0.328 e. The summed E-state index contributed by atoms with van der Waals surface area (Å²) in [6, 6.07) is 10.9. The number of nitriles is 1. The van der Waals surface area contributed by atoms with Crippen LogP contribution >= 0.6 is 23.6 Å². The van der Waals surface area contributed by atoms with Gasteiger partial charge in [-0.05, 0) is 17.8 Å². The molecule has 2 aromatic rings. The molecule has 8 heteroatoms. The summed E-state index contributed by atoms with van der Waals surface area (Å²) in [5.74, 6) is -0.408. The monoisotopic (exact) mass is 346 g/mol. The van der Waals surface area contributed by atoms with Crippen molar-refractivity contribution in [3.8, 4) is 6.07 Å². The Kier molecular flexibility index (Phi) is 6.02. The average Bonchev–Trinajstić information content (AvgIpc) is 3.02. The lowest BCUT2D eigenvalue weighted by Crippen LogP contribution is -2.44. The van der Waals surface area contributed by atoms with Crippen LogP contribution in [-0.2, 0) is 16.0 Å². The fraction of sp³-hybridized carbons (Fsp3) is 0.200. The number of hydrogen-bond donors (Lipinski definition) is 2. The predicted molar refractivity (Wildman–Crippen MR) is 92.1 cm³/mol. The van der Waals surface area contributed by atoms with Gasteiger partial charge in [-0.2, -0.15) is 5.26 Å². The molecule has 0 aliphatic carbocycles. The highest BCUT2D eigenvalue weighted by Crippen LogP contribution is 2.14. The Morgan fingerprint density at radius 1 is 1.48 bits per heavy atom. The Hall–Kier alpha value is -2.50. The molecule has 23 heavy (non-hydrogen) atoms. The van der Waals surface area contributed by atoms with Crippen LogP contribution in [-0.4, -0.2) is 29.2 Å². The van der Waals surface area contributed by atoms with Crippen LogP contribution in [0.2, 0.25) is 0 Å². The Balaban J connectivity index is 2.00. The van der Waals surface area contributed by atoms with Crippen molar-refractivity contribution in [3.63, 3.8) is 0 Å². The number of ether oxygens (including phenoxy) is 1. The summed E-state index contributed by atoms with van der Waals surface area (Å²) in [7, 11) is 1.33. The van der Waals surface area contributed by atoms with E-state index in [1.165, 1.54) is 18.4 Å². The molecule has 118 valence electrons. The van der Waals surface area contributed by atoms with Crippen LogP contribution in [0.3, 0.4) is 0 Å². The van der Waals surface area contributed by atoms with Gasteiger partial charge in [0.25, 0.3) is 0 Å². The van der Waals surface area contributed by atoms with Crippen LogP contribution in [0.15, 0.2) is 35.7 Å². The van der Waals surface area contributed by atoms with E-state index in [1.807, 2.05) is 36.4 Å². The number of esters is 1. The molecular formula is C15H14N4O2S2. The lowest BCUT2D eigenvalue weighted by molar-refractivity contribution is -0.142. The first-order chi connectivity index (χ1) is 11.1. The molecule has 0 aliphatic rings. The molecular weight excluding hydrogens is 332 g/mol. The Bertz CT molecular complexity index is 725. The van der Waals surface area contributed by atoms with Gasteiger partial charge >= 0.3 is 5.97 Å². The molecule has 1 aromatic heterocycles. The second kappa shape index (κ2) is 8.22. The minimum Gasteiger partial charge on any atom is -0.467 e. The molecule has 0 saturated heterocycles. The highest BCUT2D eigenvalue weighted by Gasteiger charge is 2.20. The minimum atomic E-state index is -0.613. The molecule has 0 saturated carbocycles. The van der Waals surface area contributed by atoms with E-state index in [4.69, 9.17) is 22.2 Å². The molecule has 0 fully saturated rings. The van der Waals surface area contributed by atoms with Gasteiger partial charge in [-0.1, -0.05) is 30.3 Å². The zero-order valence-corrected chi connectivity index (χ0v) is 13.9. The van der Waals surface area contributed by atoms with Crippen LogP contribution in [0, 0.1) is 11.3 Å². The summed E-state index contributed by atoms with van der Waals surface area (Å²) < 4.78 is 4.81. The van der Waals surface area contributed by atoms with Gasteiger partial charge in [-0.15, -0.1) is 11.3 Å². The van der Waals surface area contributed by atoms with Crippen molar-refractivity contribution < 1.29 is 9.53 Å². The number of carbonyl (C=O) groups excluding carboxylic acids is 1. The Morgan fingerprint density at radius 3 is 2.83 bits per heavy atom. The molecule has 1 aromatic carbocycles. The lowest BCUT2D eigenvalue weighted by Gasteiger charge is -2.18. The number of rotatable bonds is 5. The first-order valence-electron chi connectivity index (χ1n) is 6.67. The van der Waals surface area contributed by atoms with Crippen molar-refractivity contribution in [2.75, 3.05) is 12.4 Å². The fourth-order valence-electron chi connectivity index (χ4n) is 1.86. The first-order valence-corrected chi connectivity index (χ1v) is 7.96. The normalized spacial score (nSPS) is 11.1. The molecule has 0 amide bonds. The second-order valence-electron chi connectivity index (χ2n) is 4.51. The van der Waals surface area contributed by atoms with Gasteiger partial charge in [0.2, 0.25) is 0 Å². The summed E-state index contributed by atoms with van der Waals surface area (Å²) in [6.07, 6.45) is 0.441. The molecule has 1 atom stereocenters. The van der Waals surface area contributed by atoms with Crippen molar-refractivity contribution >= 4 is 39.8 Å². The van der Waals surface area contributed by atoms with E-state index < -0.39 is 12.0 Å². The largest absolute Gasteiger partial charge is 0.467 e. The van der Waals surface area contributed by atoms with Gasteiger partial charge in [-0.25, -0.2) is 9.78 Å². The molecule has 2 rings (SSSR count). The molecule has 0 aliphatic heterocycles. The number of benzene rings is 1. The maximum atomic E-state index is 11.9. The maximum absolute atomic E-state index is 11.9. The van der Waals surface area contributed by atoms with Gasteiger partial charge in [0.05, 0.1) is 7.11 Å². The summed E-state index contributed by atoms with van der Waals surface area (Å²) in [5.41, 5.74) is 1.30. The number of anilines is 1. The standard InChI is InChI=1S/C15H14N4O2S2/c1-21-13(20)12(7-10-5-3-2-4-6-10)18-14(22)19-15-17-11(8-16)9-23-15/h2-6,9,12H,7H2,1H3,(H2,17,18,19,22)/t12-/m0/s1. The molecule has 0 radical (unpaired) electrons. The quantitative estimate of drug-likeness (QED) is 0.633. The highest BCUT2D eigenvalue weighted by atomic mass is 32.1. The number of nitrogens with zero attached hydrogens (tertiary/aromatic N) is 2. The van der Waals surface area contributed by atoms with Gasteiger partial charge in [0.1, 0.15) is 12.1 Å². The van der Waals surface area contributed by atoms with E-state index in [0.717, 1.165) is 5.56 Å². The predicted octanol–water partition coefficient (Wildman–Crippen LogP) is 2.09. The molecule has 6 nitrogen and oxygen atoms in total. The summed E-state index contributed by atoms with van der Waals surface area (Å²) in [4.78, 5) is 16.0. The van der Waals surface area contributed by atoms with E-state index >= 15 is 0 Å². The molecule has 0 unspecified atom stereocenters. The van der Waals surface area contributed by atoms with E-state index in [2.05, 4.69) is 15.6 Å². The number of thiazole rings is 1. The van der Waals surface area contributed by atoms with Crippen LogP contribution in [0.4, 0.5) is 5.13 Å². The van der Waals surface area contributed by atoms with E-state index in [-0.39, 0.29) is 5.11 Å². The van der Waals surface area contributed by atoms with Crippen LogP contribution in [0.25, 0.3) is 0 Å². The van der Waals surface area contributed by atoms with Gasteiger partial charge in [0, 0.05) is 11.8 Å². The molecule has 0 bridgehead atoms. The van der Waals surface area contributed by atoms with Crippen LogP contribution in [0.1, 0.15) is 11.3 Å². The molecule has 2 N–H and O–H groups in total. The van der Waals surface area contributed by atoms with Crippen molar-refractivity contribution in [3.05, 3.63) is 47.0 Å². The average molecular weight is 346 g/mol. The Labute approximate surface area is 143 Å². The first kappa shape index (κ1) is 16.9. The van der Waals surface area contributed by atoms with Gasteiger partial charge in [0.15, 0.2) is 15.9 Å². The zero-order valence-electron chi connectivity index (χ0n) is 12.3. The van der Waals surface area contributed by atoms with Gasteiger partial charge < -0.3 is 15.4 Å². The topological polar surface area (TPSA) is 87.0 Å². The number of methoxy groups -OCH3 is 1. The SMILES string of the molecule is COC(=O)[C@H](Cc1ccccc1)NC(=S)Nc1nc(C#N)cs1. The lowest BCUT2D eigenvalue weighted by atomic mass is 10.1. The zero-order chi connectivity index (χ0) is 16.7. The number of aromatic nitrogens is 1. The fourth-order valence-corrected chi connectivity index (χ4v) is 2.80. The maximum Gasteiger partial charge on any atom is 0.328 e. The van der Waals surface area contributed by atoms with Crippen LogP contribution < -0.4 is 10.6 Å². The summed E-state index contributed by atoms with van der Waals surface area (Å²) in [6.45, 7) is 0. The van der Waals surface area contributed by atoms with Crippen molar-refractivity contribution in [1.29, 1.82) is 5.26 Å². The number of thiocarbonyl (C=S) groups is 1. The van der Waals surface area contributed by atoms with E-state index in [1.54, 1.807) is 5.38 Å². The van der Waals surface area contributed by atoms with Crippen molar-refractivity contribution in [2.24, 2.45) is 0 Å². The van der Waals surface area contributed by atoms with E-state index in [0.29, 0.717) is 17.2 Å². The number of carbonyl (C=O) groups is 1. The van der Waals surface area contributed by atoms with Crippen molar-refractivity contribution in [2.45, 2.75) is 12.5 Å². The Morgan fingerprint density at radius 2 is 2.22 bits per heavy atom. The minimum absolute atomic E-state index is 0.246. The number of hydrogen-bond acceptors (Lipinski definition) is 6. The highest BCUT2D eigenvalue weighted by molar-refractivity contribution is 7.80. The number of nitrogens with one attached hydrogen (secondary N) is 2. The summed E-state index contributed by atoms with van der Waals surface area (Å²) >= 11 is 6.45. The third-order valence-corrected chi connectivity index (χ3v) is 3.89. The molecule has 1 heterocycles. The summed E-state index contributed by atoms with van der Waals surface area (Å²) in [5, 5.41) is 16.9. The third-order valence-electron chi connectivity index (χ3n) is 2.91. The van der Waals surface area contributed by atoms with Crippen molar-refractivity contribution in [1.82, 2.24) is 10.3 Å². The second-order valence-corrected chi connectivity index (χ2v) is 5.78. The van der Waals surface area contributed by atoms with E-state index in [9.17, 15) is 4.79 Å². The molecule has 0 spiro atoms.